The quantitative estimate of drug-likeness (QED) is 0.879. The normalized spacial score (nSPS) is 27.1. The maximum Gasteiger partial charge on any atom is 0.236 e. The third kappa shape index (κ3) is 2.93. The topological polar surface area (TPSA) is 58.4 Å². The number of carbonyl (C=O) groups excluding carboxylic acids is 1. The van der Waals surface area contributed by atoms with Crippen molar-refractivity contribution in [3.05, 3.63) is 59.1 Å². The second kappa shape index (κ2) is 6.34. The van der Waals surface area contributed by atoms with Gasteiger partial charge in [-0.25, -0.2) is 0 Å². The molecule has 1 fully saturated rings. The van der Waals surface area contributed by atoms with Crippen LogP contribution in [0.25, 0.3) is 0 Å². The Labute approximate surface area is 144 Å². The average molecular weight is 325 g/mol. The Bertz CT molecular complexity index is 689. The molecule has 1 saturated heterocycles. The van der Waals surface area contributed by atoms with Crippen molar-refractivity contribution >= 4 is 5.91 Å². The Morgan fingerprint density at radius 2 is 2.00 bits per heavy atom. The molecule has 128 valence electrons. The van der Waals surface area contributed by atoms with Gasteiger partial charge in [-0.3, -0.25) is 4.79 Å². The van der Waals surface area contributed by atoms with Crippen LogP contribution < -0.4 is 11.1 Å². The van der Waals surface area contributed by atoms with E-state index < -0.39 is 5.41 Å². The van der Waals surface area contributed by atoms with Crippen molar-refractivity contribution in [1.82, 2.24) is 10.2 Å². The summed E-state index contributed by atoms with van der Waals surface area (Å²) in [6, 6.07) is 8.70. The fourth-order valence-corrected chi connectivity index (χ4v) is 3.64. The van der Waals surface area contributed by atoms with Gasteiger partial charge >= 0.3 is 0 Å². The first-order chi connectivity index (χ1) is 11.4. The number of benzene rings is 1. The predicted octanol–water partition coefficient (Wildman–Crippen LogP) is 3.01. The predicted molar refractivity (Wildman–Crippen MR) is 97.0 cm³/mol. The Hall–Kier alpha value is -2.23. The van der Waals surface area contributed by atoms with Crippen LogP contribution >= 0.6 is 0 Å². The van der Waals surface area contributed by atoms with Crippen LogP contribution in [0.5, 0.6) is 0 Å². The lowest BCUT2D eigenvalue weighted by Crippen LogP contribution is -2.48. The minimum Gasteiger partial charge on any atom is -0.385 e. The molecule has 4 heteroatoms. The van der Waals surface area contributed by atoms with E-state index in [4.69, 9.17) is 5.73 Å². The van der Waals surface area contributed by atoms with Gasteiger partial charge in [0.25, 0.3) is 0 Å². The van der Waals surface area contributed by atoms with Gasteiger partial charge in [0.1, 0.15) is 5.82 Å². The molecule has 3 rings (SSSR count). The fourth-order valence-electron chi connectivity index (χ4n) is 3.64. The molecular formula is C20H27N3O. The average Bonchev–Trinajstić information content (AvgIpc) is 2.60. The van der Waals surface area contributed by atoms with Crippen LogP contribution in [-0.2, 0) is 4.79 Å². The van der Waals surface area contributed by atoms with Gasteiger partial charge in [-0.1, -0.05) is 29.8 Å². The number of aryl methyl sites for hydroxylation is 1. The molecule has 0 radical (unpaired) electrons. The molecule has 0 saturated carbocycles. The molecule has 4 nitrogen and oxygen atoms in total. The summed E-state index contributed by atoms with van der Waals surface area (Å²) in [4.78, 5) is 15.2. The number of nitrogens with one attached hydrogen (secondary N) is 1. The van der Waals surface area contributed by atoms with Crippen molar-refractivity contribution in [2.75, 3.05) is 13.1 Å². The van der Waals surface area contributed by atoms with Crippen LogP contribution in [0.2, 0.25) is 0 Å². The number of dihydropyridines is 1. The summed E-state index contributed by atoms with van der Waals surface area (Å²) in [5, 5.41) is 2.99. The van der Waals surface area contributed by atoms with E-state index in [0.29, 0.717) is 11.7 Å². The molecule has 1 aromatic rings. The summed E-state index contributed by atoms with van der Waals surface area (Å²) < 4.78 is 0. The molecule has 1 aromatic carbocycles. The second-order valence-corrected chi connectivity index (χ2v) is 7.22. The lowest BCUT2D eigenvalue weighted by Gasteiger charge is -2.39. The van der Waals surface area contributed by atoms with Gasteiger partial charge in [0.2, 0.25) is 5.91 Å². The molecule has 0 bridgehead atoms. The summed E-state index contributed by atoms with van der Waals surface area (Å²) in [5.41, 5.74) is 8.85. The van der Waals surface area contributed by atoms with E-state index >= 15 is 0 Å². The van der Waals surface area contributed by atoms with Crippen molar-refractivity contribution in [3.8, 4) is 0 Å². The van der Waals surface area contributed by atoms with Gasteiger partial charge in [-0.15, -0.1) is 0 Å². The third-order valence-electron chi connectivity index (χ3n) is 5.54. The highest BCUT2D eigenvalue weighted by atomic mass is 16.2. The molecule has 2 unspecified atom stereocenters. The number of nitrogens with two attached hydrogens (primary N) is 1. The first-order valence-electron chi connectivity index (χ1n) is 8.69. The van der Waals surface area contributed by atoms with Gasteiger partial charge in [0.05, 0.1) is 5.41 Å². The van der Waals surface area contributed by atoms with E-state index in [1.807, 2.05) is 24.8 Å². The number of piperidine rings is 1. The number of hydrogen-bond acceptors (Lipinski definition) is 3. The Balaban J connectivity index is 1.79. The first-order valence-corrected chi connectivity index (χ1v) is 8.69. The molecular weight excluding hydrogens is 298 g/mol. The lowest BCUT2D eigenvalue weighted by molar-refractivity contribution is -0.138. The molecule has 2 atom stereocenters. The summed E-state index contributed by atoms with van der Waals surface area (Å²) >= 11 is 0. The third-order valence-corrected chi connectivity index (χ3v) is 5.54. The molecule has 0 aliphatic carbocycles. The summed E-state index contributed by atoms with van der Waals surface area (Å²) in [7, 11) is 0. The SMILES string of the molecule is CC1=C(N)NC=CC1(C)C(=O)N1CCCC(c2ccc(C)cc2)C1. The maximum atomic E-state index is 13.2. The Morgan fingerprint density at radius 1 is 1.29 bits per heavy atom. The van der Waals surface area contributed by atoms with Gasteiger partial charge in [0, 0.05) is 19.0 Å². The zero-order valence-corrected chi connectivity index (χ0v) is 14.8. The lowest BCUT2D eigenvalue weighted by atomic mass is 9.79. The summed E-state index contributed by atoms with van der Waals surface area (Å²) in [5.74, 6) is 1.15. The van der Waals surface area contributed by atoms with Crippen LogP contribution in [0.4, 0.5) is 0 Å². The van der Waals surface area contributed by atoms with Crippen molar-refractivity contribution < 1.29 is 4.79 Å². The van der Waals surface area contributed by atoms with Gasteiger partial charge in [-0.2, -0.15) is 0 Å². The number of hydrogen-bond donors (Lipinski definition) is 2. The molecule has 1 amide bonds. The highest BCUT2D eigenvalue weighted by molar-refractivity contribution is 5.88. The highest BCUT2D eigenvalue weighted by Gasteiger charge is 2.40. The van der Waals surface area contributed by atoms with E-state index in [0.717, 1.165) is 31.5 Å². The second-order valence-electron chi connectivity index (χ2n) is 7.22. The number of likely N-dealkylation sites (tertiary alicyclic amines) is 1. The van der Waals surface area contributed by atoms with Crippen LogP contribution in [0.1, 0.15) is 43.7 Å². The molecule has 2 aliphatic heterocycles. The van der Waals surface area contributed by atoms with Crippen molar-refractivity contribution in [2.24, 2.45) is 11.1 Å². The molecule has 0 spiro atoms. The van der Waals surface area contributed by atoms with Crippen molar-refractivity contribution in [3.63, 3.8) is 0 Å². The van der Waals surface area contributed by atoms with E-state index in [-0.39, 0.29) is 5.91 Å². The van der Waals surface area contributed by atoms with E-state index in [2.05, 4.69) is 36.5 Å². The van der Waals surface area contributed by atoms with Crippen molar-refractivity contribution in [2.45, 2.75) is 39.5 Å². The molecule has 24 heavy (non-hydrogen) atoms. The highest BCUT2D eigenvalue weighted by Crippen LogP contribution is 2.36. The smallest absolute Gasteiger partial charge is 0.236 e. The number of nitrogens with zero attached hydrogens (tertiary/aromatic N) is 1. The van der Waals surface area contributed by atoms with Gasteiger partial charge < -0.3 is 16.0 Å². The number of carbonyl (C=O) groups is 1. The molecule has 2 heterocycles. The maximum absolute atomic E-state index is 13.2. The minimum atomic E-state index is -0.648. The Kier molecular flexibility index (Phi) is 4.39. The van der Waals surface area contributed by atoms with Crippen LogP contribution in [0, 0.1) is 12.3 Å². The standard InChI is InChI=1S/C20H27N3O/c1-14-6-8-16(9-7-14)17-5-4-12-23(13-17)19(24)20(3)10-11-22-18(21)15(20)2/h6-11,17,22H,4-5,12-13,21H2,1-3H3. The summed E-state index contributed by atoms with van der Waals surface area (Å²) in [6.07, 6.45) is 5.89. The molecule has 3 N–H and O–H groups in total. The van der Waals surface area contributed by atoms with Crippen LogP contribution in [-0.4, -0.2) is 23.9 Å². The monoisotopic (exact) mass is 325 g/mol. The van der Waals surface area contributed by atoms with E-state index in [1.54, 1.807) is 6.20 Å². The first kappa shape index (κ1) is 16.6. The number of rotatable bonds is 2. The molecule has 0 aromatic heterocycles. The fraction of sp³-hybridized carbons (Fsp3) is 0.450. The largest absolute Gasteiger partial charge is 0.385 e. The van der Waals surface area contributed by atoms with Gasteiger partial charge in [0.15, 0.2) is 0 Å². The molecule has 2 aliphatic rings. The van der Waals surface area contributed by atoms with Gasteiger partial charge in [-0.05, 0) is 57.0 Å². The van der Waals surface area contributed by atoms with Crippen LogP contribution in [0.15, 0.2) is 47.9 Å². The van der Waals surface area contributed by atoms with Crippen LogP contribution in [0.3, 0.4) is 0 Å². The summed E-state index contributed by atoms with van der Waals surface area (Å²) in [6.45, 7) is 7.61. The van der Waals surface area contributed by atoms with E-state index in [1.165, 1.54) is 11.1 Å². The van der Waals surface area contributed by atoms with Crippen molar-refractivity contribution in [1.29, 1.82) is 0 Å². The minimum absolute atomic E-state index is 0.150. The Morgan fingerprint density at radius 3 is 2.71 bits per heavy atom. The van der Waals surface area contributed by atoms with E-state index in [9.17, 15) is 4.79 Å². The zero-order valence-electron chi connectivity index (χ0n) is 14.8. The number of amides is 1. The zero-order chi connectivity index (χ0) is 17.3.